The summed E-state index contributed by atoms with van der Waals surface area (Å²) in [4.78, 5) is 24.7. The Morgan fingerprint density at radius 1 is 1.21 bits per heavy atom. The van der Waals surface area contributed by atoms with Crippen LogP contribution in [-0.2, 0) is 4.74 Å². The van der Waals surface area contributed by atoms with Gasteiger partial charge in [-0.1, -0.05) is 0 Å². The molecule has 0 aliphatic heterocycles. The number of ketones is 1. The molecule has 1 aromatic heterocycles. The number of esters is 1. The van der Waals surface area contributed by atoms with Crippen LogP contribution in [0.4, 0.5) is 4.39 Å². The van der Waals surface area contributed by atoms with Gasteiger partial charge in [0, 0.05) is 23.0 Å². The van der Waals surface area contributed by atoms with E-state index in [9.17, 15) is 14.0 Å². The lowest BCUT2D eigenvalue weighted by atomic mass is 10.1. The second kappa shape index (κ2) is 6.23. The number of hydrogen-bond acceptors (Lipinski definition) is 3. The van der Waals surface area contributed by atoms with Crippen molar-refractivity contribution < 1.29 is 18.7 Å². The number of ether oxygens (including phenoxy) is 1. The number of rotatable bonds is 5. The fourth-order valence-corrected chi connectivity index (χ4v) is 3.00. The molecule has 5 heteroatoms. The zero-order valence-corrected chi connectivity index (χ0v) is 14.0. The Balaban J connectivity index is 1.73. The van der Waals surface area contributed by atoms with Crippen LogP contribution in [0.3, 0.4) is 0 Å². The van der Waals surface area contributed by atoms with E-state index in [0.717, 1.165) is 24.2 Å². The molecule has 0 radical (unpaired) electrons. The van der Waals surface area contributed by atoms with Gasteiger partial charge in [-0.3, -0.25) is 4.79 Å². The maximum Gasteiger partial charge on any atom is 0.340 e. The second-order valence-electron chi connectivity index (χ2n) is 6.30. The van der Waals surface area contributed by atoms with Crippen LogP contribution in [-0.4, -0.2) is 22.4 Å². The zero-order chi connectivity index (χ0) is 17.4. The minimum atomic E-state index is -0.924. The summed E-state index contributed by atoms with van der Waals surface area (Å²) in [5.74, 6) is -1.26. The van der Waals surface area contributed by atoms with Crippen molar-refractivity contribution in [3.8, 4) is 0 Å². The lowest BCUT2D eigenvalue weighted by molar-refractivity contribution is 0.0318. The lowest BCUT2D eigenvalue weighted by Crippen LogP contribution is -2.24. The van der Waals surface area contributed by atoms with Crippen molar-refractivity contribution in [1.82, 2.24) is 4.57 Å². The third-order valence-electron chi connectivity index (χ3n) is 4.40. The summed E-state index contributed by atoms with van der Waals surface area (Å²) >= 11 is 0. The molecular formula is C19H20FNO3. The number of aromatic nitrogens is 1. The molecule has 0 spiro atoms. The Hall–Kier alpha value is -2.43. The number of carbonyl (C=O) groups is 2. The van der Waals surface area contributed by atoms with Gasteiger partial charge in [-0.25, -0.2) is 9.18 Å². The van der Waals surface area contributed by atoms with Gasteiger partial charge in [-0.05, 0) is 63.9 Å². The first-order valence-corrected chi connectivity index (χ1v) is 8.07. The summed E-state index contributed by atoms with van der Waals surface area (Å²) < 4.78 is 20.4. The number of hydrogen-bond donors (Lipinski definition) is 0. The van der Waals surface area contributed by atoms with Crippen molar-refractivity contribution >= 4 is 11.8 Å². The summed E-state index contributed by atoms with van der Waals surface area (Å²) in [7, 11) is 0. The van der Waals surface area contributed by atoms with Gasteiger partial charge in [-0.15, -0.1) is 0 Å². The SMILES string of the molecule is Cc1cc(C(=O)O[C@H](C)C(=O)c2ccc(F)cc2)c(C)n1C1CC1. The molecule has 2 aromatic rings. The van der Waals surface area contributed by atoms with Crippen molar-refractivity contribution in [2.24, 2.45) is 0 Å². The molecule has 24 heavy (non-hydrogen) atoms. The standard InChI is InChI=1S/C19H20FNO3/c1-11-10-17(12(2)21(11)16-8-9-16)19(23)24-13(3)18(22)14-4-6-15(20)7-5-14/h4-7,10,13,16H,8-9H2,1-3H3/t13-/m1/s1. The van der Waals surface area contributed by atoms with E-state index in [1.165, 1.54) is 31.2 Å². The Morgan fingerprint density at radius 2 is 1.83 bits per heavy atom. The Kier molecular flexibility index (Phi) is 4.26. The number of benzene rings is 1. The fourth-order valence-electron chi connectivity index (χ4n) is 3.00. The van der Waals surface area contributed by atoms with Crippen LogP contribution in [0.1, 0.15) is 57.9 Å². The highest BCUT2D eigenvalue weighted by atomic mass is 19.1. The van der Waals surface area contributed by atoms with Crippen LogP contribution in [0.15, 0.2) is 30.3 Å². The Labute approximate surface area is 140 Å². The number of Topliss-reactive ketones (excluding diaryl/α,β-unsaturated/α-hetero) is 1. The van der Waals surface area contributed by atoms with E-state index < -0.39 is 17.9 Å². The van der Waals surface area contributed by atoms with Crippen molar-refractivity contribution in [1.29, 1.82) is 0 Å². The smallest absolute Gasteiger partial charge is 0.340 e. The number of nitrogens with zero attached hydrogens (tertiary/aromatic N) is 1. The number of aryl methyl sites for hydroxylation is 1. The molecule has 0 amide bonds. The fraction of sp³-hybridized carbons (Fsp3) is 0.368. The van der Waals surface area contributed by atoms with Crippen LogP contribution >= 0.6 is 0 Å². The van der Waals surface area contributed by atoms with Gasteiger partial charge in [0.05, 0.1) is 5.56 Å². The van der Waals surface area contributed by atoms with Gasteiger partial charge in [0.25, 0.3) is 0 Å². The number of carbonyl (C=O) groups excluding carboxylic acids is 2. The second-order valence-corrected chi connectivity index (χ2v) is 6.30. The van der Waals surface area contributed by atoms with Crippen LogP contribution in [0, 0.1) is 19.7 Å². The summed E-state index contributed by atoms with van der Waals surface area (Å²) in [5, 5.41) is 0. The quantitative estimate of drug-likeness (QED) is 0.615. The molecule has 1 aromatic carbocycles. The Morgan fingerprint density at radius 3 is 2.42 bits per heavy atom. The summed E-state index contributed by atoms with van der Waals surface area (Å²) in [6.07, 6.45) is 1.33. The van der Waals surface area contributed by atoms with Crippen molar-refractivity contribution in [2.45, 2.75) is 45.8 Å². The van der Waals surface area contributed by atoms with E-state index >= 15 is 0 Å². The molecule has 1 aliphatic carbocycles. The van der Waals surface area contributed by atoms with E-state index in [4.69, 9.17) is 4.74 Å². The molecule has 0 saturated heterocycles. The van der Waals surface area contributed by atoms with Gasteiger partial charge >= 0.3 is 5.97 Å². The molecule has 0 unspecified atom stereocenters. The predicted octanol–water partition coefficient (Wildman–Crippen LogP) is 4.01. The zero-order valence-electron chi connectivity index (χ0n) is 14.0. The average molecular weight is 329 g/mol. The highest BCUT2D eigenvalue weighted by molar-refractivity contribution is 6.01. The first kappa shape index (κ1) is 16.4. The van der Waals surface area contributed by atoms with Crippen LogP contribution < -0.4 is 0 Å². The van der Waals surface area contributed by atoms with Crippen LogP contribution in [0.25, 0.3) is 0 Å². The molecule has 1 aliphatic rings. The first-order chi connectivity index (χ1) is 11.4. The minimum absolute atomic E-state index is 0.320. The van der Waals surface area contributed by atoms with Crippen molar-refractivity contribution in [3.63, 3.8) is 0 Å². The molecule has 1 atom stereocenters. The van der Waals surface area contributed by atoms with Crippen LogP contribution in [0.2, 0.25) is 0 Å². The van der Waals surface area contributed by atoms with E-state index in [0.29, 0.717) is 17.2 Å². The first-order valence-electron chi connectivity index (χ1n) is 8.07. The highest BCUT2D eigenvalue weighted by Gasteiger charge is 2.29. The van der Waals surface area contributed by atoms with Gasteiger partial charge < -0.3 is 9.30 Å². The van der Waals surface area contributed by atoms with E-state index in [2.05, 4.69) is 4.57 Å². The van der Waals surface area contributed by atoms with Gasteiger partial charge in [-0.2, -0.15) is 0 Å². The predicted molar refractivity (Wildman–Crippen MR) is 87.8 cm³/mol. The van der Waals surface area contributed by atoms with Crippen LogP contribution in [0.5, 0.6) is 0 Å². The lowest BCUT2D eigenvalue weighted by Gasteiger charge is -2.13. The number of halogens is 1. The summed E-state index contributed by atoms with van der Waals surface area (Å²) in [5.41, 5.74) is 2.72. The molecule has 4 nitrogen and oxygen atoms in total. The normalized spacial score (nSPS) is 15.2. The molecular weight excluding hydrogens is 309 g/mol. The maximum absolute atomic E-state index is 12.9. The monoisotopic (exact) mass is 329 g/mol. The summed E-state index contributed by atoms with van der Waals surface area (Å²) in [6, 6.07) is 7.49. The largest absolute Gasteiger partial charge is 0.451 e. The van der Waals surface area contributed by atoms with Gasteiger partial charge in [0.2, 0.25) is 5.78 Å². The van der Waals surface area contributed by atoms with Gasteiger partial charge in [0.1, 0.15) is 5.82 Å². The minimum Gasteiger partial charge on any atom is -0.451 e. The third-order valence-corrected chi connectivity index (χ3v) is 4.40. The molecule has 1 heterocycles. The van der Waals surface area contributed by atoms with E-state index in [1.807, 2.05) is 19.9 Å². The maximum atomic E-state index is 12.9. The van der Waals surface area contributed by atoms with Gasteiger partial charge in [0.15, 0.2) is 6.10 Å². The van der Waals surface area contributed by atoms with E-state index in [1.54, 1.807) is 0 Å². The third kappa shape index (κ3) is 3.11. The average Bonchev–Trinajstić information content (AvgIpc) is 3.32. The van der Waals surface area contributed by atoms with Crippen molar-refractivity contribution in [2.75, 3.05) is 0 Å². The summed E-state index contributed by atoms with van der Waals surface area (Å²) in [6.45, 7) is 5.40. The van der Waals surface area contributed by atoms with Crippen molar-refractivity contribution in [3.05, 3.63) is 58.7 Å². The molecule has 1 saturated carbocycles. The van der Waals surface area contributed by atoms with E-state index in [-0.39, 0.29) is 5.78 Å². The molecule has 0 bridgehead atoms. The molecule has 126 valence electrons. The highest BCUT2D eigenvalue weighted by Crippen LogP contribution is 2.38. The topological polar surface area (TPSA) is 48.3 Å². The molecule has 1 fully saturated rings. The Bertz CT molecular complexity index is 788. The molecule has 3 rings (SSSR count). The molecule has 0 N–H and O–H groups in total.